The Morgan fingerprint density at radius 3 is 2.44 bits per heavy atom. The third-order valence-electron chi connectivity index (χ3n) is 4.53. The van der Waals surface area contributed by atoms with Crippen LogP contribution in [0.2, 0.25) is 0 Å². The van der Waals surface area contributed by atoms with Gasteiger partial charge in [0, 0.05) is 11.6 Å². The normalized spacial score (nSPS) is 27.4. The molecule has 134 valence electrons. The van der Waals surface area contributed by atoms with Gasteiger partial charge in [-0.15, -0.1) is 13.2 Å². The molecular weight excluding hydrogens is 335 g/mol. The molecule has 0 spiro atoms. The summed E-state index contributed by atoms with van der Waals surface area (Å²) in [6.45, 7) is 1.63. The van der Waals surface area contributed by atoms with Gasteiger partial charge in [0.1, 0.15) is 11.9 Å². The van der Waals surface area contributed by atoms with Crippen LogP contribution < -0.4 is 4.74 Å². The minimum absolute atomic E-state index is 0.202. The molecule has 0 bridgehead atoms. The van der Waals surface area contributed by atoms with Crippen molar-refractivity contribution < 1.29 is 28.1 Å². The highest BCUT2D eigenvalue weighted by Crippen LogP contribution is 2.57. The Morgan fingerprint density at radius 1 is 1.16 bits per heavy atom. The van der Waals surface area contributed by atoms with Crippen LogP contribution in [0.3, 0.4) is 0 Å². The quantitative estimate of drug-likeness (QED) is 0.883. The standard InChI is InChI=1S/C18H18F3NO3/c1-16(24)10-17(11-16,15(23)14-7-2-3-8-22-14)12-5-4-6-13(9-12)25-18(19,20)21/h2-9,15,23-24H,10-11H2,1H3. The monoisotopic (exact) mass is 353 g/mol. The number of benzene rings is 1. The van der Waals surface area contributed by atoms with Crippen LogP contribution >= 0.6 is 0 Å². The number of nitrogens with zero attached hydrogens (tertiary/aromatic N) is 1. The minimum atomic E-state index is -4.80. The van der Waals surface area contributed by atoms with E-state index in [0.717, 1.165) is 0 Å². The van der Waals surface area contributed by atoms with Crippen molar-refractivity contribution in [3.63, 3.8) is 0 Å². The minimum Gasteiger partial charge on any atom is -0.406 e. The van der Waals surface area contributed by atoms with Gasteiger partial charge in [0.15, 0.2) is 0 Å². The molecule has 1 saturated carbocycles. The average Bonchev–Trinajstić information content (AvgIpc) is 2.51. The number of aromatic nitrogens is 1. The highest BCUT2D eigenvalue weighted by molar-refractivity contribution is 5.40. The summed E-state index contributed by atoms with van der Waals surface area (Å²) in [7, 11) is 0. The zero-order valence-electron chi connectivity index (χ0n) is 13.5. The number of aliphatic hydroxyl groups is 2. The fourth-order valence-electron chi connectivity index (χ4n) is 3.69. The molecule has 1 heterocycles. The van der Waals surface area contributed by atoms with Crippen molar-refractivity contribution in [2.75, 3.05) is 0 Å². The fourth-order valence-corrected chi connectivity index (χ4v) is 3.69. The summed E-state index contributed by atoms with van der Waals surface area (Å²) in [4.78, 5) is 4.14. The van der Waals surface area contributed by atoms with Gasteiger partial charge in [-0.2, -0.15) is 0 Å². The smallest absolute Gasteiger partial charge is 0.406 e. The van der Waals surface area contributed by atoms with Crippen molar-refractivity contribution in [3.8, 4) is 5.75 Å². The summed E-state index contributed by atoms with van der Waals surface area (Å²) < 4.78 is 41.5. The fraction of sp³-hybridized carbons (Fsp3) is 0.389. The summed E-state index contributed by atoms with van der Waals surface area (Å²) in [5, 5.41) is 21.1. The number of rotatable bonds is 4. The van der Waals surface area contributed by atoms with Gasteiger partial charge in [0.2, 0.25) is 0 Å². The third-order valence-corrected chi connectivity index (χ3v) is 4.53. The second-order valence-corrected chi connectivity index (χ2v) is 6.74. The Morgan fingerprint density at radius 2 is 1.88 bits per heavy atom. The Balaban J connectivity index is 1.98. The molecule has 0 saturated heterocycles. The van der Waals surface area contributed by atoms with Gasteiger partial charge in [-0.3, -0.25) is 4.98 Å². The summed E-state index contributed by atoms with van der Waals surface area (Å²) in [6.07, 6.45) is -3.92. The third kappa shape index (κ3) is 3.62. The Kier molecular flexibility index (Phi) is 4.25. The van der Waals surface area contributed by atoms with E-state index >= 15 is 0 Å². The van der Waals surface area contributed by atoms with E-state index in [1.165, 1.54) is 24.4 Å². The number of aliphatic hydroxyl groups excluding tert-OH is 1. The highest BCUT2D eigenvalue weighted by Gasteiger charge is 2.57. The van der Waals surface area contributed by atoms with E-state index in [0.29, 0.717) is 11.3 Å². The molecule has 25 heavy (non-hydrogen) atoms. The van der Waals surface area contributed by atoms with Gasteiger partial charge in [-0.05, 0) is 49.6 Å². The van der Waals surface area contributed by atoms with Crippen LogP contribution in [-0.2, 0) is 5.41 Å². The van der Waals surface area contributed by atoms with Crippen molar-refractivity contribution in [2.24, 2.45) is 0 Å². The molecule has 1 aliphatic rings. The molecule has 3 rings (SSSR count). The van der Waals surface area contributed by atoms with Crippen molar-refractivity contribution in [1.29, 1.82) is 0 Å². The van der Waals surface area contributed by atoms with E-state index in [1.54, 1.807) is 31.2 Å². The molecule has 7 heteroatoms. The molecule has 1 aromatic carbocycles. The molecule has 0 aliphatic heterocycles. The van der Waals surface area contributed by atoms with Crippen LogP contribution in [0.5, 0.6) is 5.75 Å². The van der Waals surface area contributed by atoms with E-state index in [-0.39, 0.29) is 18.6 Å². The molecule has 4 nitrogen and oxygen atoms in total. The maximum absolute atomic E-state index is 12.5. The SMILES string of the molecule is CC1(O)CC(c2cccc(OC(F)(F)F)c2)(C(O)c2ccccn2)C1. The zero-order chi connectivity index (χ0) is 18.3. The average molecular weight is 353 g/mol. The van der Waals surface area contributed by atoms with Gasteiger partial charge in [-0.25, -0.2) is 0 Å². The lowest BCUT2D eigenvalue weighted by atomic mass is 9.53. The number of alkyl halides is 3. The predicted octanol–water partition coefficient (Wildman–Crippen LogP) is 3.50. The number of halogens is 3. The Labute approximate surface area is 142 Å². The van der Waals surface area contributed by atoms with Crippen LogP contribution in [-0.4, -0.2) is 27.2 Å². The largest absolute Gasteiger partial charge is 0.573 e. The van der Waals surface area contributed by atoms with Crippen LogP contribution in [0, 0.1) is 0 Å². The number of ether oxygens (including phenoxy) is 1. The maximum atomic E-state index is 12.5. The molecule has 1 fully saturated rings. The number of hydrogen-bond donors (Lipinski definition) is 2. The molecule has 2 N–H and O–H groups in total. The van der Waals surface area contributed by atoms with E-state index in [9.17, 15) is 23.4 Å². The lowest BCUT2D eigenvalue weighted by molar-refractivity contribution is -0.274. The first-order valence-corrected chi connectivity index (χ1v) is 7.79. The maximum Gasteiger partial charge on any atom is 0.573 e. The van der Waals surface area contributed by atoms with E-state index in [4.69, 9.17) is 0 Å². The van der Waals surface area contributed by atoms with Crippen LogP contribution in [0.15, 0.2) is 48.7 Å². The van der Waals surface area contributed by atoms with E-state index in [1.807, 2.05) is 0 Å². The Hall–Kier alpha value is -2.12. The lowest BCUT2D eigenvalue weighted by Gasteiger charge is -2.54. The van der Waals surface area contributed by atoms with E-state index in [2.05, 4.69) is 9.72 Å². The van der Waals surface area contributed by atoms with Gasteiger partial charge in [0.25, 0.3) is 0 Å². The van der Waals surface area contributed by atoms with Crippen molar-refractivity contribution in [3.05, 3.63) is 59.9 Å². The van der Waals surface area contributed by atoms with Gasteiger partial charge < -0.3 is 14.9 Å². The molecule has 0 amide bonds. The summed E-state index contributed by atoms with van der Waals surface area (Å²) in [5.74, 6) is -0.357. The number of pyridine rings is 1. The second-order valence-electron chi connectivity index (χ2n) is 6.74. The predicted molar refractivity (Wildman–Crippen MR) is 83.9 cm³/mol. The van der Waals surface area contributed by atoms with Crippen LogP contribution in [0.25, 0.3) is 0 Å². The molecule has 1 atom stereocenters. The molecule has 1 unspecified atom stereocenters. The summed E-state index contributed by atoms with van der Waals surface area (Å²) in [5.41, 5.74) is -1.06. The first-order chi connectivity index (χ1) is 11.6. The molecular formula is C18H18F3NO3. The van der Waals surface area contributed by atoms with Gasteiger partial charge in [-0.1, -0.05) is 18.2 Å². The first-order valence-electron chi connectivity index (χ1n) is 7.79. The van der Waals surface area contributed by atoms with E-state index < -0.39 is 23.5 Å². The molecule has 0 radical (unpaired) electrons. The van der Waals surface area contributed by atoms with Crippen molar-refractivity contribution in [1.82, 2.24) is 4.98 Å². The topological polar surface area (TPSA) is 62.6 Å². The highest BCUT2D eigenvalue weighted by atomic mass is 19.4. The lowest BCUT2D eigenvalue weighted by Crippen LogP contribution is -2.56. The first kappa shape index (κ1) is 17.7. The number of hydrogen-bond acceptors (Lipinski definition) is 4. The zero-order valence-corrected chi connectivity index (χ0v) is 13.5. The van der Waals surface area contributed by atoms with Crippen LogP contribution in [0.1, 0.15) is 37.1 Å². The molecule has 1 aromatic heterocycles. The second kappa shape index (κ2) is 6.00. The van der Waals surface area contributed by atoms with Crippen molar-refractivity contribution in [2.45, 2.75) is 43.2 Å². The Bertz CT molecular complexity index is 739. The summed E-state index contributed by atoms with van der Waals surface area (Å²) in [6, 6.07) is 10.6. The molecule has 1 aliphatic carbocycles. The van der Waals surface area contributed by atoms with Gasteiger partial charge >= 0.3 is 6.36 Å². The molecule has 2 aromatic rings. The van der Waals surface area contributed by atoms with Crippen molar-refractivity contribution >= 4 is 0 Å². The van der Waals surface area contributed by atoms with Gasteiger partial charge in [0.05, 0.1) is 11.3 Å². The summed E-state index contributed by atoms with van der Waals surface area (Å²) >= 11 is 0. The van der Waals surface area contributed by atoms with Crippen LogP contribution in [0.4, 0.5) is 13.2 Å².